The first-order valence-electron chi connectivity index (χ1n) is 3.38. The number of nitriles is 1. The van der Waals surface area contributed by atoms with Crippen molar-refractivity contribution in [2.45, 2.75) is 0 Å². The van der Waals surface area contributed by atoms with Gasteiger partial charge in [0.05, 0.1) is 11.8 Å². The number of hydrogen-bond acceptors (Lipinski definition) is 3. The van der Waals surface area contributed by atoms with E-state index >= 15 is 0 Å². The predicted octanol–water partition coefficient (Wildman–Crippen LogP) is 0.912. The molecule has 0 unspecified atom stereocenters. The molecule has 0 aliphatic carbocycles. The quantitative estimate of drug-likeness (QED) is 0.621. The molecular weight excluding hydrogens is 154 g/mol. The van der Waals surface area contributed by atoms with Crippen LogP contribution in [0.25, 0.3) is 5.65 Å². The highest BCUT2D eigenvalue weighted by Crippen LogP contribution is 2.12. The zero-order valence-corrected chi connectivity index (χ0v) is 6.10. The SMILES string of the molecule is N#Cc1cccn2cc(O)nc12. The summed E-state index contributed by atoms with van der Waals surface area (Å²) in [5.74, 6) is -0.0716. The molecule has 4 heteroatoms. The first kappa shape index (κ1) is 6.68. The van der Waals surface area contributed by atoms with E-state index in [1.807, 2.05) is 6.07 Å². The highest BCUT2D eigenvalue weighted by Gasteiger charge is 2.03. The molecule has 0 amide bonds. The van der Waals surface area contributed by atoms with Crippen molar-refractivity contribution in [1.82, 2.24) is 9.38 Å². The summed E-state index contributed by atoms with van der Waals surface area (Å²) < 4.78 is 1.61. The number of rotatable bonds is 0. The van der Waals surface area contributed by atoms with Crippen molar-refractivity contribution < 1.29 is 5.11 Å². The van der Waals surface area contributed by atoms with Gasteiger partial charge in [0, 0.05) is 6.20 Å². The van der Waals surface area contributed by atoms with Gasteiger partial charge in [-0.2, -0.15) is 10.2 Å². The van der Waals surface area contributed by atoms with Crippen LogP contribution in [0.1, 0.15) is 5.56 Å². The molecule has 2 aromatic rings. The van der Waals surface area contributed by atoms with Crippen LogP contribution < -0.4 is 0 Å². The largest absolute Gasteiger partial charge is 0.492 e. The Morgan fingerprint density at radius 3 is 3.17 bits per heavy atom. The van der Waals surface area contributed by atoms with E-state index in [9.17, 15) is 0 Å². The Morgan fingerprint density at radius 1 is 1.58 bits per heavy atom. The fraction of sp³-hybridized carbons (Fsp3) is 0. The Labute approximate surface area is 68.3 Å². The second-order valence-electron chi connectivity index (χ2n) is 2.36. The molecule has 0 spiro atoms. The fourth-order valence-corrected chi connectivity index (χ4v) is 1.09. The van der Waals surface area contributed by atoms with E-state index in [0.717, 1.165) is 0 Å². The maximum absolute atomic E-state index is 9.03. The van der Waals surface area contributed by atoms with Crippen molar-refractivity contribution in [1.29, 1.82) is 5.26 Å². The van der Waals surface area contributed by atoms with Crippen LogP contribution in [-0.2, 0) is 0 Å². The highest BCUT2D eigenvalue weighted by atomic mass is 16.3. The minimum Gasteiger partial charge on any atom is -0.492 e. The van der Waals surface area contributed by atoms with E-state index in [1.165, 1.54) is 6.20 Å². The number of fused-ring (bicyclic) bond motifs is 1. The van der Waals surface area contributed by atoms with Crippen LogP contribution in [0.15, 0.2) is 24.5 Å². The molecule has 0 saturated heterocycles. The van der Waals surface area contributed by atoms with E-state index < -0.39 is 0 Å². The van der Waals surface area contributed by atoms with Crippen molar-refractivity contribution in [3.63, 3.8) is 0 Å². The maximum Gasteiger partial charge on any atom is 0.230 e. The molecule has 1 N–H and O–H groups in total. The molecule has 58 valence electrons. The monoisotopic (exact) mass is 159 g/mol. The van der Waals surface area contributed by atoms with E-state index in [0.29, 0.717) is 11.2 Å². The van der Waals surface area contributed by atoms with Gasteiger partial charge in [-0.3, -0.25) is 0 Å². The second kappa shape index (κ2) is 2.24. The fourth-order valence-electron chi connectivity index (χ4n) is 1.09. The van der Waals surface area contributed by atoms with Gasteiger partial charge in [-0.15, -0.1) is 0 Å². The van der Waals surface area contributed by atoms with Crippen molar-refractivity contribution in [2.24, 2.45) is 0 Å². The Balaban J connectivity index is 2.89. The first-order chi connectivity index (χ1) is 5.81. The molecule has 0 radical (unpaired) electrons. The van der Waals surface area contributed by atoms with Crippen molar-refractivity contribution >= 4 is 5.65 Å². The second-order valence-corrected chi connectivity index (χ2v) is 2.36. The maximum atomic E-state index is 9.03. The molecule has 2 rings (SSSR count). The van der Waals surface area contributed by atoms with Crippen molar-refractivity contribution in [3.05, 3.63) is 30.1 Å². The normalized spacial score (nSPS) is 9.92. The summed E-state index contributed by atoms with van der Waals surface area (Å²) in [4.78, 5) is 3.78. The van der Waals surface area contributed by atoms with Crippen LogP contribution in [0, 0.1) is 11.3 Å². The van der Waals surface area contributed by atoms with Crippen LogP contribution in [0.5, 0.6) is 5.88 Å². The number of pyridine rings is 1. The summed E-state index contributed by atoms with van der Waals surface area (Å²) >= 11 is 0. The summed E-state index contributed by atoms with van der Waals surface area (Å²) in [6.45, 7) is 0. The summed E-state index contributed by atoms with van der Waals surface area (Å²) in [7, 11) is 0. The molecule has 0 bridgehead atoms. The number of imidazole rings is 1. The van der Waals surface area contributed by atoms with Crippen molar-refractivity contribution in [3.8, 4) is 11.9 Å². The standard InChI is InChI=1S/C8H5N3O/c9-4-6-2-1-3-11-5-7(12)10-8(6)11/h1-3,5,12H. The molecule has 2 aromatic heterocycles. The lowest BCUT2D eigenvalue weighted by Crippen LogP contribution is -1.85. The predicted molar refractivity (Wildman–Crippen MR) is 41.6 cm³/mol. The third-order valence-electron chi connectivity index (χ3n) is 1.59. The van der Waals surface area contributed by atoms with Gasteiger partial charge in [-0.1, -0.05) is 0 Å². The molecular formula is C8H5N3O. The summed E-state index contributed by atoms with van der Waals surface area (Å²) in [6, 6.07) is 5.37. The van der Waals surface area contributed by atoms with Crippen LogP contribution in [0.3, 0.4) is 0 Å². The molecule has 0 saturated carbocycles. The Hall–Kier alpha value is -2.02. The van der Waals surface area contributed by atoms with E-state index in [2.05, 4.69) is 4.98 Å². The van der Waals surface area contributed by atoms with E-state index in [-0.39, 0.29) is 5.88 Å². The van der Waals surface area contributed by atoms with Gasteiger partial charge in [-0.25, -0.2) is 0 Å². The average molecular weight is 159 g/mol. The number of aromatic hydroxyl groups is 1. The van der Waals surface area contributed by atoms with Gasteiger partial charge in [0.15, 0.2) is 5.65 Å². The lowest BCUT2D eigenvalue weighted by Gasteiger charge is -1.91. The molecule has 4 nitrogen and oxygen atoms in total. The third kappa shape index (κ3) is 0.805. The molecule has 0 aliphatic heterocycles. The number of nitrogens with zero attached hydrogens (tertiary/aromatic N) is 3. The Morgan fingerprint density at radius 2 is 2.42 bits per heavy atom. The van der Waals surface area contributed by atoms with Gasteiger partial charge < -0.3 is 9.51 Å². The third-order valence-corrected chi connectivity index (χ3v) is 1.59. The zero-order chi connectivity index (χ0) is 8.55. The summed E-state index contributed by atoms with van der Waals surface area (Å²) in [5.41, 5.74) is 0.940. The van der Waals surface area contributed by atoms with Gasteiger partial charge in [0.25, 0.3) is 0 Å². The summed E-state index contributed by atoms with van der Waals surface area (Å²) in [6.07, 6.45) is 3.18. The highest BCUT2D eigenvalue weighted by molar-refractivity contribution is 5.56. The minimum absolute atomic E-state index is 0.0716. The van der Waals surface area contributed by atoms with Gasteiger partial charge in [0.1, 0.15) is 6.07 Å². The number of hydrogen-bond donors (Lipinski definition) is 1. The molecule has 0 fully saturated rings. The average Bonchev–Trinajstić information content (AvgIpc) is 2.44. The molecule has 0 atom stereocenters. The van der Waals surface area contributed by atoms with Gasteiger partial charge >= 0.3 is 0 Å². The Bertz CT molecular complexity index is 467. The van der Waals surface area contributed by atoms with Crippen LogP contribution in [-0.4, -0.2) is 14.5 Å². The molecule has 12 heavy (non-hydrogen) atoms. The smallest absolute Gasteiger partial charge is 0.230 e. The van der Waals surface area contributed by atoms with E-state index in [4.69, 9.17) is 10.4 Å². The van der Waals surface area contributed by atoms with Crippen LogP contribution in [0.4, 0.5) is 0 Å². The van der Waals surface area contributed by atoms with Gasteiger partial charge in [-0.05, 0) is 12.1 Å². The molecule has 0 aliphatic rings. The van der Waals surface area contributed by atoms with Crippen LogP contribution >= 0.6 is 0 Å². The van der Waals surface area contributed by atoms with Crippen molar-refractivity contribution in [2.75, 3.05) is 0 Å². The van der Waals surface area contributed by atoms with Gasteiger partial charge in [0.2, 0.25) is 5.88 Å². The lowest BCUT2D eigenvalue weighted by atomic mass is 10.3. The van der Waals surface area contributed by atoms with Crippen LogP contribution in [0.2, 0.25) is 0 Å². The number of aromatic nitrogens is 2. The Kier molecular flexibility index (Phi) is 1.25. The first-order valence-corrected chi connectivity index (χ1v) is 3.38. The minimum atomic E-state index is -0.0716. The molecule has 2 heterocycles. The zero-order valence-electron chi connectivity index (χ0n) is 6.10. The topological polar surface area (TPSA) is 61.3 Å². The molecule has 0 aromatic carbocycles. The summed E-state index contributed by atoms with van der Waals surface area (Å²) in [5, 5.41) is 17.7. The van der Waals surface area contributed by atoms with E-state index in [1.54, 1.807) is 22.7 Å². The lowest BCUT2D eigenvalue weighted by molar-refractivity contribution is 0.457.